The summed E-state index contributed by atoms with van der Waals surface area (Å²) in [4.78, 5) is 21.4. The first-order valence-corrected chi connectivity index (χ1v) is 10.0. The summed E-state index contributed by atoms with van der Waals surface area (Å²) < 4.78 is 16.0. The predicted molar refractivity (Wildman–Crippen MR) is 118 cm³/mol. The molecule has 0 N–H and O–H groups in total. The van der Waals surface area contributed by atoms with Crippen LogP contribution in [0.5, 0.6) is 17.2 Å². The maximum Gasteiger partial charge on any atom is 0.203 e. The smallest absolute Gasteiger partial charge is 0.203 e. The van der Waals surface area contributed by atoms with Crippen molar-refractivity contribution in [3.63, 3.8) is 0 Å². The van der Waals surface area contributed by atoms with E-state index < -0.39 is 0 Å². The molecule has 0 unspecified atom stereocenters. The first-order chi connectivity index (χ1) is 14.6. The molecule has 1 aliphatic heterocycles. The summed E-state index contributed by atoms with van der Waals surface area (Å²) in [6.07, 6.45) is 5.71. The zero-order chi connectivity index (χ0) is 21.3. The van der Waals surface area contributed by atoms with Gasteiger partial charge in [-0.05, 0) is 35.9 Å². The van der Waals surface area contributed by atoms with E-state index in [-0.39, 0.29) is 5.78 Å². The molecule has 30 heavy (non-hydrogen) atoms. The van der Waals surface area contributed by atoms with Gasteiger partial charge in [-0.1, -0.05) is 12.1 Å². The van der Waals surface area contributed by atoms with E-state index in [9.17, 15) is 4.79 Å². The number of anilines is 1. The molecule has 0 saturated carbocycles. The molecule has 7 nitrogen and oxygen atoms in total. The molecule has 0 radical (unpaired) electrons. The summed E-state index contributed by atoms with van der Waals surface area (Å²) in [5.74, 6) is 2.77. The van der Waals surface area contributed by atoms with Gasteiger partial charge in [-0.25, -0.2) is 4.98 Å². The van der Waals surface area contributed by atoms with Crippen LogP contribution in [-0.2, 0) is 4.79 Å². The van der Waals surface area contributed by atoms with Gasteiger partial charge in [-0.15, -0.1) is 0 Å². The van der Waals surface area contributed by atoms with Crippen molar-refractivity contribution in [2.75, 3.05) is 59.0 Å². The van der Waals surface area contributed by atoms with Crippen molar-refractivity contribution in [1.29, 1.82) is 0 Å². The van der Waals surface area contributed by atoms with Crippen LogP contribution in [0, 0.1) is 0 Å². The van der Waals surface area contributed by atoms with Crippen molar-refractivity contribution in [2.24, 2.45) is 0 Å². The minimum absolute atomic E-state index is 0.0934. The van der Waals surface area contributed by atoms with Crippen molar-refractivity contribution in [2.45, 2.75) is 6.42 Å². The molecule has 1 aromatic carbocycles. The molecule has 160 valence electrons. The first kappa shape index (κ1) is 21.6. The second-order valence-electron chi connectivity index (χ2n) is 7.02. The molecular formula is C23H29N3O4. The number of piperazine rings is 1. The largest absolute Gasteiger partial charge is 0.493 e. The Morgan fingerprint density at radius 1 is 1.03 bits per heavy atom. The quantitative estimate of drug-likeness (QED) is 0.588. The van der Waals surface area contributed by atoms with Crippen LogP contribution in [0.3, 0.4) is 0 Å². The maximum absolute atomic E-state index is 12.4. The fourth-order valence-electron chi connectivity index (χ4n) is 3.48. The molecule has 0 atom stereocenters. The SMILES string of the molecule is COc1cc(/C=C/C(=O)CCN2CCN(c3ccccn3)CC2)cc(OC)c1OC. The molecule has 7 heteroatoms. The lowest BCUT2D eigenvalue weighted by molar-refractivity contribution is -0.114. The van der Waals surface area contributed by atoms with Gasteiger partial charge in [0.05, 0.1) is 21.3 Å². The van der Waals surface area contributed by atoms with E-state index in [0.29, 0.717) is 23.7 Å². The standard InChI is InChI=1S/C23H29N3O4/c1-28-20-16-18(17-21(29-2)23(20)30-3)7-8-19(27)9-11-25-12-14-26(15-13-25)22-6-4-5-10-24-22/h4-8,10,16-17H,9,11-15H2,1-3H3/b8-7+. The van der Waals surface area contributed by atoms with Crippen molar-refractivity contribution < 1.29 is 19.0 Å². The highest BCUT2D eigenvalue weighted by molar-refractivity contribution is 5.93. The fourth-order valence-corrected chi connectivity index (χ4v) is 3.48. The normalized spacial score (nSPS) is 14.7. The minimum Gasteiger partial charge on any atom is -0.493 e. The summed E-state index contributed by atoms with van der Waals surface area (Å²) in [6, 6.07) is 9.61. The number of benzene rings is 1. The van der Waals surface area contributed by atoms with Gasteiger partial charge >= 0.3 is 0 Å². The summed E-state index contributed by atoms with van der Waals surface area (Å²) in [5, 5.41) is 0. The molecule has 0 bridgehead atoms. The predicted octanol–water partition coefficient (Wildman–Crippen LogP) is 2.90. The summed E-state index contributed by atoms with van der Waals surface area (Å²) in [7, 11) is 4.71. The third-order valence-corrected chi connectivity index (χ3v) is 5.17. The maximum atomic E-state index is 12.4. The molecule has 2 aromatic rings. The zero-order valence-electron chi connectivity index (χ0n) is 17.8. The number of allylic oxidation sites excluding steroid dienone is 1. The topological polar surface area (TPSA) is 64.1 Å². The molecule has 1 fully saturated rings. The Bertz CT molecular complexity index is 837. The van der Waals surface area contributed by atoms with Gasteiger partial charge in [0.1, 0.15) is 5.82 Å². The molecule has 3 rings (SSSR count). The van der Waals surface area contributed by atoms with Gasteiger partial charge in [0.2, 0.25) is 5.75 Å². The van der Waals surface area contributed by atoms with Crippen LogP contribution in [-0.4, -0.2) is 69.7 Å². The Morgan fingerprint density at radius 2 is 1.73 bits per heavy atom. The van der Waals surface area contributed by atoms with Crippen LogP contribution in [0.2, 0.25) is 0 Å². The van der Waals surface area contributed by atoms with E-state index in [4.69, 9.17) is 14.2 Å². The third-order valence-electron chi connectivity index (χ3n) is 5.17. The van der Waals surface area contributed by atoms with Gasteiger partial charge in [0, 0.05) is 45.3 Å². The second kappa shape index (κ2) is 10.6. The molecule has 0 spiro atoms. The number of ether oxygens (including phenoxy) is 3. The molecule has 0 aliphatic carbocycles. The van der Waals surface area contributed by atoms with E-state index in [1.165, 1.54) is 0 Å². The first-order valence-electron chi connectivity index (χ1n) is 10.0. The molecule has 1 saturated heterocycles. The van der Waals surface area contributed by atoms with E-state index in [0.717, 1.165) is 44.1 Å². The molecule has 0 amide bonds. The number of aromatic nitrogens is 1. The van der Waals surface area contributed by atoms with Crippen LogP contribution >= 0.6 is 0 Å². The summed E-state index contributed by atoms with van der Waals surface area (Å²) >= 11 is 0. The minimum atomic E-state index is 0.0934. The summed E-state index contributed by atoms with van der Waals surface area (Å²) in [6.45, 7) is 4.47. The van der Waals surface area contributed by atoms with Crippen LogP contribution in [0.1, 0.15) is 12.0 Å². The van der Waals surface area contributed by atoms with E-state index >= 15 is 0 Å². The van der Waals surface area contributed by atoms with Gasteiger partial charge < -0.3 is 19.1 Å². The van der Waals surface area contributed by atoms with Gasteiger partial charge in [-0.3, -0.25) is 9.69 Å². The van der Waals surface area contributed by atoms with Crippen molar-refractivity contribution in [1.82, 2.24) is 9.88 Å². The third kappa shape index (κ3) is 5.51. The molecule has 2 heterocycles. The lowest BCUT2D eigenvalue weighted by Crippen LogP contribution is -2.47. The van der Waals surface area contributed by atoms with E-state index in [1.807, 2.05) is 36.5 Å². The Balaban J connectivity index is 1.50. The fraction of sp³-hybridized carbons (Fsp3) is 0.391. The van der Waals surface area contributed by atoms with Gasteiger partial charge in [-0.2, -0.15) is 0 Å². The highest BCUT2D eigenvalue weighted by Crippen LogP contribution is 2.38. The molecule has 1 aliphatic rings. The Labute approximate surface area is 177 Å². The van der Waals surface area contributed by atoms with Gasteiger partial charge in [0.15, 0.2) is 17.3 Å². The number of ketones is 1. The Kier molecular flexibility index (Phi) is 7.68. The highest BCUT2D eigenvalue weighted by atomic mass is 16.5. The van der Waals surface area contributed by atoms with Crippen LogP contribution in [0.25, 0.3) is 6.08 Å². The monoisotopic (exact) mass is 411 g/mol. The number of pyridine rings is 1. The number of methoxy groups -OCH3 is 3. The van der Waals surface area contributed by atoms with Crippen LogP contribution < -0.4 is 19.1 Å². The number of carbonyl (C=O) groups excluding carboxylic acids is 1. The van der Waals surface area contributed by atoms with Gasteiger partial charge in [0.25, 0.3) is 0 Å². The number of rotatable bonds is 9. The van der Waals surface area contributed by atoms with E-state index in [2.05, 4.69) is 14.8 Å². The average Bonchev–Trinajstić information content (AvgIpc) is 2.81. The molecule has 1 aromatic heterocycles. The average molecular weight is 412 g/mol. The Hall–Kier alpha value is -3.06. The number of hydrogen-bond donors (Lipinski definition) is 0. The number of nitrogens with zero attached hydrogens (tertiary/aromatic N) is 3. The zero-order valence-corrected chi connectivity index (χ0v) is 17.8. The highest BCUT2D eigenvalue weighted by Gasteiger charge is 2.18. The van der Waals surface area contributed by atoms with Crippen molar-refractivity contribution in [3.05, 3.63) is 48.2 Å². The van der Waals surface area contributed by atoms with Crippen LogP contribution in [0.4, 0.5) is 5.82 Å². The molecular weight excluding hydrogens is 382 g/mol. The van der Waals surface area contributed by atoms with E-state index in [1.54, 1.807) is 33.5 Å². The second-order valence-corrected chi connectivity index (χ2v) is 7.02. The number of carbonyl (C=O) groups is 1. The van der Waals surface area contributed by atoms with Crippen LogP contribution in [0.15, 0.2) is 42.6 Å². The lowest BCUT2D eigenvalue weighted by Gasteiger charge is -2.35. The van der Waals surface area contributed by atoms with Crippen molar-refractivity contribution >= 4 is 17.7 Å². The Morgan fingerprint density at radius 3 is 2.30 bits per heavy atom. The number of hydrogen-bond acceptors (Lipinski definition) is 7. The van der Waals surface area contributed by atoms with Crippen molar-refractivity contribution in [3.8, 4) is 17.2 Å². The summed E-state index contributed by atoms with van der Waals surface area (Å²) in [5.41, 5.74) is 0.821. The lowest BCUT2D eigenvalue weighted by atomic mass is 10.1.